The van der Waals surface area contributed by atoms with Gasteiger partial charge in [-0.1, -0.05) is 23.8 Å². The zero-order valence-corrected chi connectivity index (χ0v) is 16.5. The number of nitrogens with one attached hydrogen (secondary N) is 1. The minimum atomic E-state index is -0.0841. The van der Waals surface area contributed by atoms with Crippen molar-refractivity contribution in [2.24, 2.45) is 0 Å². The van der Waals surface area contributed by atoms with Crippen molar-refractivity contribution < 1.29 is 14.3 Å². The third kappa shape index (κ3) is 4.33. The number of carbonyl (C=O) groups excluding carboxylic acids is 1. The second kappa shape index (κ2) is 8.04. The van der Waals surface area contributed by atoms with Crippen LogP contribution in [-0.4, -0.2) is 24.9 Å². The third-order valence-corrected chi connectivity index (χ3v) is 5.74. The molecule has 26 heavy (non-hydrogen) atoms. The molecule has 0 bridgehead atoms. The quantitative estimate of drug-likeness (QED) is 0.794. The number of thioether (sulfide) groups is 1. The lowest BCUT2D eigenvalue weighted by atomic mass is 10.1. The molecule has 2 aromatic rings. The number of hydrogen-bond acceptors (Lipinski definition) is 4. The van der Waals surface area contributed by atoms with Gasteiger partial charge in [-0.2, -0.15) is 0 Å². The molecule has 3 rings (SSSR count). The maximum absolute atomic E-state index is 12.4. The first-order valence-electron chi connectivity index (χ1n) is 8.83. The number of rotatable bonds is 5. The van der Waals surface area contributed by atoms with Crippen molar-refractivity contribution in [1.82, 2.24) is 5.32 Å². The Morgan fingerprint density at radius 1 is 1.08 bits per heavy atom. The number of aryl methyl sites for hydroxylation is 3. The summed E-state index contributed by atoms with van der Waals surface area (Å²) in [7, 11) is 0. The number of ether oxygens (including phenoxy) is 2. The number of amides is 1. The van der Waals surface area contributed by atoms with E-state index in [9.17, 15) is 4.79 Å². The summed E-state index contributed by atoms with van der Waals surface area (Å²) in [6.07, 6.45) is 0. The molecule has 1 atom stereocenters. The highest BCUT2D eigenvalue weighted by atomic mass is 32.2. The number of benzene rings is 2. The first-order chi connectivity index (χ1) is 12.4. The van der Waals surface area contributed by atoms with E-state index in [1.54, 1.807) is 11.8 Å². The van der Waals surface area contributed by atoms with Gasteiger partial charge in [-0.25, -0.2) is 0 Å². The Bertz CT molecular complexity index is 796. The third-order valence-electron chi connectivity index (χ3n) is 4.40. The summed E-state index contributed by atoms with van der Waals surface area (Å²) in [6, 6.07) is 10.1. The first kappa shape index (κ1) is 18.6. The van der Waals surface area contributed by atoms with Crippen molar-refractivity contribution >= 4 is 17.7 Å². The average molecular weight is 372 g/mol. The van der Waals surface area contributed by atoms with Gasteiger partial charge in [-0.15, -0.1) is 11.8 Å². The summed E-state index contributed by atoms with van der Waals surface area (Å²) in [5, 5.41) is 3.07. The molecule has 2 aromatic carbocycles. The fourth-order valence-corrected chi connectivity index (χ4v) is 4.16. The second-order valence-electron chi connectivity index (χ2n) is 6.71. The summed E-state index contributed by atoms with van der Waals surface area (Å²) >= 11 is 1.59. The zero-order chi connectivity index (χ0) is 18.7. The highest BCUT2D eigenvalue weighted by Crippen LogP contribution is 2.33. The SMILES string of the molecule is Cc1cc(C)c(SCC(=O)N[C@@H](C)c2ccc3c(c2)OCCO3)c(C)c1. The fourth-order valence-electron chi connectivity index (χ4n) is 3.23. The van der Waals surface area contributed by atoms with E-state index in [0.29, 0.717) is 19.0 Å². The Labute approximate surface area is 159 Å². The van der Waals surface area contributed by atoms with Gasteiger partial charge in [0.1, 0.15) is 13.2 Å². The fraction of sp³-hybridized carbons (Fsp3) is 0.381. The molecule has 0 fully saturated rings. The minimum Gasteiger partial charge on any atom is -0.486 e. The zero-order valence-electron chi connectivity index (χ0n) is 15.7. The van der Waals surface area contributed by atoms with Crippen LogP contribution in [0.15, 0.2) is 35.2 Å². The van der Waals surface area contributed by atoms with Crippen molar-refractivity contribution in [1.29, 1.82) is 0 Å². The Hall–Kier alpha value is -2.14. The molecule has 1 heterocycles. The van der Waals surface area contributed by atoms with Crippen LogP contribution < -0.4 is 14.8 Å². The summed E-state index contributed by atoms with van der Waals surface area (Å²) in [4.78, 5) is 13.6. The molecule has 0 aliphatic carbocycles. The molecule has 0 unspecified atom stereocenters. The van der Waals surface area contributed by atoms with Gasteiger partial charge in [0.2, 0.25) is 5.91 Å². The van der Waals surface area contributed by atoms with Gasteiger partial charge in [0.25, 0.3) is 0 Å². The van der Waals surface area contributed by atoms with Crippen LogP contribution in [0.25, 0.3) is 0 Å². The lowest BCUT2D eigenvalue weighted by Gasteiger charge is -2.21. The van der Waals surface area contributed by atoms with Crippen LogP contribution in [0.5, 0.6) is 11.5 Å². The first-order valence-corrected chi connectivity index (χ1v) is 9.82. The van der Waals surface area contributed by atoms with Crippen LogP contribution in [0.1, 0.15) is 35.2 Å². The van der Waals surface area contributed by atoms with Crippen LogP contribution in [0.4, 0.5) is 0 Å². The molecular formula is C21H25NO3S. The van der Waals surface area contributed by atoms with Gasteiger partial charge in [0, 0.05) is 4.90 Å². The normalized spacial score (nSPS) is 14.0. The molecule has 5 heteroatoms. The van der Waals surface area contributed by atoms with Crippen molar-refractivity contribution in [2.75, 3.05) is 19.0 Å². The topological polar surface area (TPSA) is 47.6 Å². The molecule has 0 aromatic heterocycles. The van der Waals surface area contributed by atoms with Gasteiger partial charge in [0.15, 0.2) is 11.5 Å². The molecule has 1 N–H and O–H groups in total. The molecule has 0 saturated carbocycles. The van der Waals surface area contributed by atoms with E-state index in [1.165, 1.54) is 21.6 Å². The molecular weight excluding hydrogens is 346 g/mol. The molecule has 0 spiro atoms. The lowest BCUT2D eigenvalue weighted by molar-refractivity contribution is -0.119. The Balaban J connectivity index is 1.60. The highest BCUT2D eigenvalue weighted by molar-refractivity contribution is 8.00. The maximum Gasteiger partial charge on any atom is 0.230 e. The smallest absolute Gasteiger partial charge is 0.230 e. The van der Waals surface area contributed by atoms with Crippen molar-refractivity contribution in [3.05, 3.63) is 52.6 Å². The summed E-state index contributed by atoms with van der Waals surface area (Å²) in [5.74, 6) is 1.94. The summed E-state index contributed by atoms with van der Waals surface area (Å²) in [6.45, 7) is 9.40. The predicted molar refractivity (Wildman–Crippen MR) is 105 cm³/mol. The van der Waals surface area contributed by atoms with Crippen molar-refractivity contribution in [2.45, 2.75) is 38.6 Å². The van der Waals surface area contributed by atoms with E-state index in [1.807, 2.05) is 25.1 Å². The summed E-state index contributed by atoms with van der Waals surface area (Å²) in [5.41, 5.74) is 4.71. The molecule has 4 nitrogen and oxygen atoms in total. The van der Waals surface area contributed by atoms with E-state index in [2.05, 4.69) is 38.2 Å². The van der Waals surface area contributed by atoms with E-state index in [4.69, 9.17) is 9.47 Å². The van der Waals surface area contributed by atoms with Gasteiger partial charge >= 0.3 is 0 Å². The van der Waals surface area contributed by atoms with Gasteiger partial charge < -0.3 is 14.8 Å². The maximum atomic E-state index is 12.4. The Kier molecular flexibility index (Phi) is 5.77. The van der Waals surface area contributed by atoms with Gasteiger partial charge in [0.05, 0.1) is 11.8 Å². The monoisotopic (exact) mass is 371 g/mol. The Morgan fingerprint density at radius 2 is 1.73 bits per heavy atom. The standard InChI is InChI=1S/C21H25NO3S/c1-13-9-14(2)21(15(3)10-13)26-12-20(23)22-16(4)17-5-6-18-19(11-17)25-8-7-24-18/h5-6,9-11,16H,7-8,12H2,1-4H3,(H,22,23)/t16-/m0/s1. The molecule has 138 valence electrons. The van der Waals surface area contributed by atoms with E-state index in [0.717, 1.165) is 17.1 Å². The van der Waals surface area contributed by atoms with E-state index >= 15 is 0 Å². The predicted octanol–water partition coefficient (Wildman–Crippen LogP) is 4.35. The summed E-state index contributed by atoms with van der Waals surface area (Å²) < 4.78 is 11.2. The molecule has 1 aliphatic heterocycles. The van der Waals surface area contributed by atoms with Gasteiger partial charge in [-0.05, 0) is 56.5 Å². The van der Waals surface area contributed by atoms with Crippen molar-refractivity contribution in [3.8, 4) is 11.5 Å². The number of carbonyl (C=O) groups is 1. The number of fused-ring (bicyclic) bond motifs is 1. The Morgan fingerprint density at radius 3 is 2.42 bits per heavy atom. The lowest BCUT2D eigenvalue weighted by Crippen LogP contribution is -2.28. The van der Waals surface area contributed by atoms with E-state index < -0.39 is 0 Å². The molecule has 1 aliphatic rings. The highest BCUT2D eigenvalue weighted by Gasteiger charge is 2.16. The second-order valence-corrected chi connectivity index (χ2v) is 7.69. The molecule has 0 saturated heterocycles. The van der Waals surface area contributed by atoms with Crippen LogP contribution in [0, 0.1) is 20.8 Å². The van der Waals surface area contributed by atoms with Crippen LogP contribution in [0.3, 0.4) is 0 Å². The largest absolute Gasteiger partial charge is 0.486 e. The average Bonchev–Trinajstić information content (AvgIpc) is 2.60. The minimum absolute atomic E-state index is 0.0248. The van der Waals surface area contributed by atoms with Crippen LogP contribution in [-0.2, 0) is 4.79 Å². The van der Waals surface area contributed by atoms with E-state index in [-0.39, 0.29) is 11.9 Å². The van der Waals surface area contributed by atoms with Crippen LogP contribution >= 0.6 is 11.8 Å². The van der Waals surface area contributed by atoms with Gasteiger partial charge in [-0.3, -0.25) is 4.79 Å². The molecule has 1 amide bonds. The van der Waals surface area contributed by atoms with Crippen molar-refractivity contribution in [3.63, 3.8) is 0 Å². The molecule has 0 radical (unpaired) electrons. The van der Waals surface area contributed by atoms with Crippen LogP contribution in [0.2, 0.25) is 0 Å². The number of hydrogen-bond donors (Lipinski definition) is 1.